The van der Waals surface area contributed by atoms with E-state index in [0.29, 0.717) is 5.69 Å². The van der Waals surface area contributed by atoms with Crippen LogP contribution in [0.5, 0.6) is 5.75 Å². The Labute approximate surface area is 87.1 Å². The molecule has 15 heavy (non-hydrogen) atoms. The van der Waals surface area contributed by atoms with Gasteiger partial charge in [-0.25, -0.2) is 0 Å². The van der Waals surface area contributed by atoms with Gasteiger partial charge in [0.05, 0.1) is 5.69 Å². The smallest absolute Gasteiger partial charge is 0.394 e. The molecule has 0 radical (unpaired) electrons. The summed E-state index contributed by atoms with van der Waals surface area (Å²) in [5.41, 5.74) is 6.70. The highest BCUT2D eigenvalue weighted by Crippen LogP contribution is 2.22. The molecule has 0 spiro atoms. The zero-order valence-electron chi connectivity index (χ0n) is 7.88. The maximum atomic E-state index is 8.99. The summed E-state index contributed by atoms with van der Waals surface area (Å²) in [7, 11) is -2.87. The second-order valence-electron chi connectivity index (χ2n) is 2.47. The molecule has 7 nitrogen and oxygen atoms in total. The normalized spacial score (nSPS) is 10.1. The maximum absolute atomic E-state index is 8.99. The molecule has 0 atom stereocenters. The Morgan fingerprint density at radius 3 is 2.13 bits per heavy atom. The molecule has 6 N–H and O–H groups in total. The van der Waals surface area contributed by atoms with Gasteiger partial charge in [-0.1, -0.05) is 0 Å². The lowest BCUT2D eigenvalue weighted by molar-refractivity contribution is 0.381. The molecule has 0 aromatic heterocycles. The molecule has 1 aromatic carbocycles. The summed E-state index contributed by atoms with van der Waals surface area (Å²) in [6.45, 7) is 0. The second-order valence-corrected chi connectivity index (χ2v) is 3.37. The predicted molar refractivity (Wildman–Crippen MR) is 56.2 cm³/mol. The van der Waals surface area contributed by atoms with Gasteiger partial charge in [0.1, 0.15) is 5.75 Å². The Morgan fingerprint density at radius 1 is 1.33 bits per heavy atom. The van der Waals surface area contributed by atoms with Crippen molar-refractivity contribution < 1.29 is 22.6 Å². The number of hydrogen-bond acceptors (Lipinski definition) is 5. The van der Waals surface area contributed by atoms with Crippen LogP contribution in [0.3, 0.4) is 0 Å². The monoisotopic (exact) mass is 236 g/mol. The molecule has 8 heteroatoms. The standard InChI is InChI=1S/C7H10N2O.H2O4S/c1-9-5-2-3-7(10)6(8)4-5;1-5(2,3)4/h2-4,9-10H,8H2,1H3;(H2,1,2,3,4). The van der Waals surface area contributed by atoms with Gasteiger partial charge in [-0.15, -0.1) is 0 Å². The quantitative estimate of drug-likeness (QED) is 0.206. The molecule has 0 saturated heterocycles. The molecule has 86 valence electrons. The van der Waals surface area contributed by atoms with E-state index in [2.05, 4.69) is 5.32 Å². The van der Waals surface area contributed by atoms with Crippen LogP contribution in [0.25, 0.3) is 0 Å². The number of nitrogens with two attached hydrogens (primary N) is 1. The number of nitrogen functional groups attached to an aromatic ring is 1. The van der Waals surface area contributed by atoms with E-state index in [4.69, 9.17) is 28.4 Å². The van der Waals surface area contributed by atoms with Crippen LogP contribution in [0.1, 0.15) is 0 Å². The molecular formula is C7H12N2O5S. The van der Waals surface area contributed by atoms with Crippen molar-refractivity contribution in [3.05, 3.63) is 18.2 Å². The van der Waals surface area contributed by atoms with Gasteiger partial charge in [-0.05, 0) is 18.2 Å². The molecule has 0 fully saturated rings. The highest BCUT2D eigenvalue weighted by atomic mass is 32.3. The Balaban J connectivity index is 0.000000336. The van der Waals surface area contributed by atoms with Crippen molar-refractivity contribution in [2.45, 2.75) is 0 Å². The number of nitrogens with one attached hydrogen (secondary N) is 1. The largest absolute Gasteiger partial charge is 0.506 e. The van der Waals surface area contributed by atoms with Crippen LogP contribution in [0, 0.1) is 0 Å². The van der Waals surface area contributed by atoms with Gasteiger partial charge < -0.3 is 16.2 Å². The first kappa shape index (κ1) is 13.5. The van der Waals surface area contributed by atoms with E-state index in [0.717, 1.165) is 5.69 Å². The van der Waals surface area contributed by atoms with E-state index in [-0.39, 0.29) is 5.75 Å². The summed E-state index contributed by atoms with van der Waals surface area (Å²) < 4.78 is 31.6. The summed E-state index contributed by atoms with van der Waals surface area (Å²) >= 11 is 0. The van der Waals surface area contributed by atoms with Crippen molar-refractivity contribution in [1.82, 2.24) is 0 Å². The molecule has 1 rings (SSSR count). The van der Waals surface area contributed by atoms with Crippen molar-refractivity contribution >= 4 is 21.8 Å². The maximum Gasteiger partial charge on any atom is 0.394 e. The molecular weight excluding hydrogens is 224 g/mol. The molecule has 0 unspecified atom stereocenters. The zero-order valence-corrected chi connectivity index (χ0v) is 8.69. The van der Waals surface area contributed by atoms with Crippen molar-refractivity contribution in [1.29, 1.82) is 0 Å². The number of phenolic OH excluding ortho intramolecular Hbond substituents is 1. The van der Waals surface area contributed by atoms with Crippen LogP contribution in [-0.2, 0) is 10.4 Å². The predicted octanol–water partition coefficient (Wildman–Crippen LogP) is 0.363. The van der Waals surface area contributed by atoms with Crippen LogP contribution >= 0.6 is 0 Å². The second kappa shape index (κ2) is 5.39. The van der Waals surface area contributed by atoms with Crippen LogP contribution in [0.15, 0.2) is 18.2 Å². The van der Waals surface area contributed by atoms with Crippen LogP contribution < -0.4 is 11.1 Å². The fourth-order valence-electron chi connectivity index (χ4n) is 0.710. The summed E-state index contributed by atoms with van der Waals surface area (Å²) in [5, 5.41) is 11.9. The minimum Gasteiger partial charge on any atom is -0.506 e. The van der Waals surface area contributed by atoms with Gasteiger partial charge in [0.25, 0.3) is 0 Å². The first-order valence-corrected chi connectivity index (χ1v) is 5.10. The first-order chi connectivity index (χ1) is 6.74. The molecule has 0 aliphatic rings. The Bertz CT molecular complexity index is 409. The lowest BCUT2D eigenvalue weighted by Gasteiger charge is -2.01. The third-order valence-electron chi connectivity index (χ3n) is 1.32. The third-order valence-corrected chi connectivity index (χ3v) is 1.32. The van der Waals surface area contributed by atoms with Crippen LogP contribution in [0.4, 0.5) is 11.4 Å². The number of aromatic hydroxyl groups is 1. The molecule has 0 bridgehead atoms. The van der Waals surface area contributed by atoms with Crippen LogP contribution in [0.2, 0.25) is 0 Å². The summed E-state index contributed by atoms with van der Waals surface area (Å²) in [5.74, 6) is 0.124. The summed E-state index contributed by atoms with van der Waals surface area (Å²) in [6, 6.07) is 4.99. The van der Waals surface area contributed by atoms with Crippen LogP contribution in [-0.4, -0.2) is 29.7 Å². The number of rotatable bonds is 1. The molecule has 0 aliphatic carbocycles. The number of phenols is 1. The molecule has 0 heterocycles. The van der Waals surface area contributed by atoms with E-state index in [1.807, 2.05) is 0 Å². The van der Waals surface area contributed by atoms with E-state index in [9.17, 15) is 0 Å². The van der Waals surface area contributed by atoms with Crippen molar-refractivity contribution in [2.75, 3.05) is 18.1 Å². The average Bonchev–Trinajstić information content (AvgIpc) is 2.07. The van der Waals surface area contributed by atoms with E-state index in [1.165, 1.54) is 0 Å². The SMILES string of the molecule is CNc1ccc(O)c(N)c1.O=S(=O)(O)O. The highest BCUT2D eigenvalue weighted by molar-refractivity contribution is 7.79. The van der Waals surface area contributed by atoms with E-state index < -0.39 is 10.4 Å². The Kier molecular flexibility index (Phi) is 4.85. The van der Waals surface area contributed by atoms with Crippen molar-refractivity contribution in [3.63, 3.8) is 0 Å². The minimum absolute atomic E-state index is 0.124. The highest BCUT2D eigenvalue weighted by Gasteiger charge is 1.94. The first-order valence-electron chi connectivity index (χ1n) is 3.70. The van der Waals surface area contributed by atoms with Gasteiger partial charge in [0.15, 0.2) is 0 Å². The van der Waals surface area contributed by atoms with Gasteiger partial charge in [0, 0.05) is 12.7 Å². The lowest BCUT2D eigenvalue weighted by atomic mass is 10.2. The number of hydrogen-bond donors (Lipinski definition) is 5. The molecule has 1 aromatic rings. The van der Waals surface area contributed by atoms with Gasteiger partial charge in [0.2, 0.25) is 0 Å². The third kappa shape index (κ3) is 7.55. The Morgan fingerprint density at radius 2 is 1.80 bits per heavy atom. The Hall–Kier alpha value is -1.51. The number of benzene rings is 1. The van der Waals surface area contributed by atoms with Crippen molar-refractivity contribution in [3.8, 4) is 5.75 Å². The molecule has 0 saturated carbocycles. The zero-order chi connectivity index (χ0) is 12.1. The lowest BCUT2D eigenvalue weighted by Crippen LogP contribution is -1.90. The fourth-order valence-corrected chi connectivity index (χ4v) is 0.710. The van der Waals surface area contributed by atoms with Gasteiger partial charge in [-0.2, -0.15) is 8.42 Å². The fraction of sp³-hybridized carbons (Fsp3) is 0.143. The molecule has 0 amide bonds. The topological polar surface area (TPSA) is 133 Å². The van der Waals surface area contributed by atoms with Gasteiger partial charge >= 0.3 is 10.4 Å². The summed E-state index contributed by atoms with van der Waals surface area (Å²) in [6.07, 6.45) is 0. The van der Waals surface area contributed by atoms with E-state index in [1.54, 1.807) is 25.2 Å². The minimum atomic E-state index is -4.67. The number of anilines is 2. The molecule has 0 aliphatic heterocycles. The van der Waals surface area contributed by atoms with Crippen molar-refractivity contribution in [2.24, 2.45) is 0 Å². The summed E-state index contributed by atoms with van der Waals surface area (Å²) in [4.78, 5) is 0. The van der Waals surface area contributed by atoms with E-state index >= 15 is 0 Å². The van der Waals surface area contributed by atoms with Gasteiger partial charge in [-0.3, -0.25) is 9.11 Å². The average molecular weight is 236 g/mol.